The number of nitrogens with zero attached hydrogens (tertiary/aromatic N) is 2. The van der Waals surface area contributed by atoms with Gasteiger partial charge in [0.15, 0.2) is 0 Å². The molecule has 1 aromatic rings. The van der Waals surface area contributed by atoms with Gasteiger partial charge in [0.1, 0.15) is 6.10 Å². The van der Waals surface area contributed by atoms with E-state index in [0.717, 1.165) is 0 Å². The first-order valence-electron chi connectivity index (χ1n) is 3.60. The summed E-state index contributed by atoms with van der Waals surface area (Å²) < 4.78 is 1.57. The standard InChI is InChI=1S/C7H12N2O2S/c1-9-3-5(2-8-9)7(11)6(10)4-12/h2-3,6-7,10-12H,4H2,1H3. The first-order valence-corrected chi connectivity index (χ1v) is 4.24. The summed E-state index contributed by atoms with van der Waals surface area (Å²) in [6, 6.07) is 0. The van der Waals surface area contributed by atoms with Crippen molar-refractivity contribution >= 4 is 12.6 Å². The predicted octanol–water partition coefficient (Wildman–Crippen LogP) is -0.256. The lowest BCUT2D eigenvalue weighted by molar-refractivity contribution is 0.0337. The maximum absolute atomic E-state index is 9.45. The van der Waals surface area contributed by atoms with Gasteiger partial charge in [-0.15, -0.1) is 0 Å². The molecule has 0 aliphatic rings. The molecular weight excluding hydrogens is 176 g/mol. The van der Waals surface area contributed by atoms with Crippen LogP contribution in [0.2, 0.25) is 0 Å². The van der Waals surface area contributed by atoms with E-state index in [4.69, 9.17) is 0 Å². The third-order valence-corrected chi connectivity index (χ3v) is 1.99. The van der Waals surface area contributed by atoms with Crippen LogP contribution in [0.25, 0.3) is 0 Å². The van der Waals surface area contributed by atoms with Crippen LogP contribution in [-0.2, 0) is 7.05 Å². The van der Waals surface area contributed by atoms with E-state index in [-0.39, 0.29) is 5.75 Å². The highest BCUT2D eigenvalue weighted by atomic mass is 32.1. The molecule has 4 nitrogen and oxygen atoms in total. The van der Waals surface area contributed by atoms with Gasteiger partial charge in [0.05, 0.1) is 12.3 Å². The predicted molar refractivity (Wildman–Crippen MR) is 48.0 cm³/mol. The fourth-order valence-electron chi connectivity index (χ4n) is 0.915. The third-order valence-electron chi connectivity index (χ3n) is 1.62. The van der Waals surface area contributed by atoms with E-state index in [1.807, 2.05) is 0 Å². The molecule has 0 saturated heterocycles. The molecule has 1 aromatic heterocycles. The van der Waals surface area contributed by atoms with Crippen LogP contribution in [0.15, 0.2) is 12.4 Å². The molecule has 1 rings (SSSR count). The van der Waals surface area contributed by atoms with Crippen LogP contribution in [-0.4, -0.2) is 31.9 Å². The fourth-order valence-corrected chi connectivity index (χ4v) is 1.11. The average molecular weight is 188 g/mol. The van der Waals surface area contributed by atoms with Gasteiger partial charge in [-0.05, 0) is 0 Å². The lowest BCUT2D eigenvalue weighted by Gasteiger charge is -2.13. The first-order chi connectivity index (χ1) is 5.65. The lowest BCUT2D eigenvalue weighted by Crippen LogP contribution is -2.19. The zero-order valence-corrected chi connectivity index (χ0v) is 7.65. The Morgan fingerprint density at radius 1 is 1.67 bits per heavy atom. The minimum absolute atomic E-state index is 0.232. The Bertz CT molecular complexity index is 251. The van der Waals surface area contributed by atoms with E-state index >= 15 is 0 Å². The summed E-state index contributed by atoms with van der Waals surface area (Å²) in [5.41, 5.74) is 0.610. The van der Waals surface area contributed by atoms with Gasteiger partial charge in [0.25, 0.3) is 0 Å². The van der Waals surface area contributed by atoms with Crippen LogP contribution < -0.4 is 0 Å². The van der Waals surface area contributed by atoms with Gasteiger partial charge in [-0.25, -0.2) is 0 Å². The molecule has 0 aliphatic carbocycles. The van der Waals surface area contributed by atoms with Crippen LogP contribution in [0.5, 0.6) is 0 Å². The Balaban J connectivity index is 2.70. The van der Waals surface area contributed by atoms with Gasteiger partial charge >= 0.3 is 0 Å². The molecule has 2 N–H and O–H groups in total. The monoisotopic (exact) mass is 188 g/mol. The quantitative estimate of drug-likeness (QED) is 0.573. The molecule has 0 spiro atoms. The van der Waals surface area contributed by atoms with Crippen LogP contribution in [0, 0.1) is 0 Å². The van der Waals surface area contributed by atoms with Gasteiger partial charge in [-0.2, -0.15) is 17.7 Å². The number of aryl methyl sites for hydroxylation is 1. The van der Waals surface area contributed by atoms with Crippen LogP contribution in [0.1, 0.15) is 11.7 Å². The van der Waals surface area contributed by atoms with Gasteiger partial charge in [0.2, 0.25) is 0 Å². The third kappa shape index (κ3) is 2.00. The largest absolute Gasteiger partial charge is 0.389 e. The normalized spacial score (nSPS) is 16.0. The molecule has 0 aliphatic heterocycles. The molecule has 0 fully saturated rings. The zero-order chi connectivity index (χ0) is 9.14. The highest BCUT2D eigenvalue weighted by Gasteiger charge is 2.17. The van der Waals surface area contributed by atoms with Crippen LogP contribution >= 0.6 is 12.6 Å². The highest BCUT2D eigenvalue weighted by molar-refractivity contribution is 7.80. The minimum atomic E-state index is -0.892. The zero-order valence-electron chi connectivity index (χ0n) is 6.75. The minimum Gasteiger partial charge on any atom is -0.389 e. The van der Waals surface area contributed by atoms with Crippen molar-refractivity contribution in [3.63, 3.8) is 0 Å². The number of aromatic nitrogens is 2. The molecule has 0 amide bonds. The molecule has 0 bridgehead atoms. The number of hydrogen-bond donors (Lipinski definition) is 3. The molecule has 0 aromatic carbocycles. The number of rotatable bonds is 3. The fraction of sp³-hybridized carbons (Fsp3) is 0.571. The van der Waals surface area contributed by atoms with Crippen molar-refractivity contribution in [1.82, 2.24) is 9.78 Å². The number of thiol groups is 1. The summed E-state index contributed by atoms with van der Waals surface area (Å²) in [5, 5.41) is 22.6. The Labute approximate surface area is 76.2 Å². The van der Waals surface area contributed by atoms with E-state index in [0.29, 0.717) is 5.56 Å². The Morgan fingerprint density at radius 3 is 2.75 bits per heavy atom. The smallest absolute Gasteiger partial charge is 0.109 e. The second-order valence-corrected chi connectivity index (χ2v) is 3.01. The maximum atomic E-state index is 9.45. The van der Waals surface area contributed by atoms with Crippen LogP contribution in [0.4, 0.5) is 0 Å². The van der Waals surface area contributed by atoms with Gasteiger partial charge < -0.3 is 10.2 Å². The SMILES string of the molecule is Cn1cc(C(O)C(O)CS)cn1. The van der Waals surface area contributed by atoms with E-state index in [9.17, 15) is 10.2 Å². The summed E-state index contributed by atoms with van der Waals surface area (Å²) in [4.78, 5) is 0. The van der Waals surface area contributed by atoms with Gasteiger partial charge in [-0.3, -0.25) is 4.68 Å². The summed E-state index contributed by atoms with van der Waals surface area (Å²) in [5.74, 6) is 0.232. The van der Waals surface area contributed by atoms with Crippen molar-refractivity contribution in [2.45, 2.75) is 12.2 Å². The van der Waals surface area contributed by atoms with E-state index in [1.165, 1.54) is 6.20 Å². The van der Waals surface area contributed by atoms with Crippen molar-refractivity contribution in [3.05, 3.63) is 18.0 Å². The van der Waals surface area contributed by atoms with Gasteiger partial charge in [0, 0.05) is 24.6 Å². The summed E-state index contributed by atoms with van der Waals surface area (Å²) in [7, 11) is 1.75. The van der Waals surface area contributed by atoms with E-state index in [2.05, 4.69) is 17.7 Å². The van der Waals surface area contributed by atoms with E-state index < -0.39 is 12.2 Å². The van der Waals surface area contributed by atoms with Crippen molar-refractivity contribution in [1.29, 1.82) is 0 Å². The Hall–Kier alpha value is -0.520. The average Bonchev–Trinajstić information content (AvgIpc) is 2.49. The molecule has 1 heterocycles. The molecule has 2 atom stereocenters. The number of aliphatic hydroxyl groups excluding tert-OH is 2. The highest BCUT2D eigenvalue weighted by Crippen LogP contribution is 2.16. The second kappa shape index (κ2) is 3.93. The number of aliphatic hydroxyl groups is 2. The molecule has 0 saturated carbocycles. The Morgan fingerprint density at radius 2 is 2.33 bits per heavy atom. The molecule has 0 radical (unpaired) electrons. The van der Waals surface area contributed by atoms with Crippen molar-refractivity contribution < 1.29 is 10.2 Å². The molecule has 68 valence electrons. The van der Waals surface area contributed by atoms with Crippen LogP contribution in [0.3, 0.4) is 0 Å². The summed E-state index contributed by atoms with van der Waals surface area (Å²) >= 11 is 3.87. The molecule has 12 heavy (non-hydrogen) atoms. The molecule has 2 unspecified atom stereocenters. The summed E-state index contributed by atoms with van der Waals surface area (Å²) in [6.07, 6.45) is 1.46. The van der Waals surface area contributed by atoms with E-state index in [1.54, 1.807) is 17.9 Å². The maximum Gasteiger partial charge on any atom is 0.109 e. The lowest BCUT2D eigenvalue weighted by atomic mass is 10.1. The molecular formula is C7H12N2O2S. The van der Waals surface area contributed by atoms with Crippen molar-refractivity contribution in [2.24, 2.45) is 7.05 Å². The second-order valence-electron chi connectivity index (χ2n) is 2.64. The first kappa shape index (κ1) is 9.57. The van der Waals surface area contributed by atoms with Crippen molar-refractivity contribution in [3.8, 4) is 0 Å². The van der Waals surface area contributed by atoms with Gasteiger partial charge in [-0.1, -0.05) is 0 Å². The molecule has 5 heteroatoms. The topological polar surface area (TPSA) is 58.3 Å². The Kier molecular flexibility index (Phi) is 3.13. The summed E-state index contributed by atoms with van der Waals surface area (Å²) in [6.45, 7) is 0. The number of hydrogen-bond acceptors (Lipinski definition) is 4. The van der Waals surface area contributed by atoms with Crippen molar-refractivity contribution in [2.75, 3.05) is 5.75 Å².